The first-order chi connectivity index (χ1) is 10.00. The molecule has 0 aromatic carbocycles. The first-order valence-corrected chi connectivity index (χ1v) is 9.19. The predicted molar refractivity (Wildman–Crippen MR) is 87.8 cm³/mol. The summed E-state index contributed by atoms with van der Waals surface area (Å²) in [4.78, 5) is 0.361. The van der Waals surface area contributed by atoms with Gasteiger partial charge in [0.25, 0.3) is 0 Å². The Labute approximate surface area is 138 Å². The van der Waals surface area contributed by atoms with Crippen molar-refractivity contribution in [3.8, 4) is 0 Å². The van der Waals surface area contributed by atoms with Gasteiger partial charge in [-0.05, 0) is 52.0 Å². The lowest BCUT2D eigenvalue weighted by Crippen LogP contribution is -2.43. The highest BCUT2D eigenvalue weighted by Crippen LogP contribution is 2.30. The average molecular weight is 349 g/mol. The Bertz CT molecular complexity index is 583. The largest absolute Gasteiger partial charge is 0.314 e. The molecule has 1 aromatic rings. The van der Waals surface area contributed by atoms with Crippen LogP contribution in [0.25, 0.3) is 0 Å². The van der Waals surface area contributed by atoms with Crippen LogP contribution in [0, 0.1) is 19.8 Å². The van der Waals surface area contributed by atoms with Gasteiger partial charge in [-0.3, -0.25) is 5.10 Å². The first kappa shape index (κ1) is 17.7. The molecule has 0 bridgehead atoms. The highest BCUT2D eigenvalue weighted by molar-refractivity contribution is 7.89. The maximum absolute atomic E-state index is 12.8. The summed E-state index contributed by atoms with van der Waals surface area (Å²) >= 11 is 0. The van der Waals surface area contributed by atoms with Gasteiger partial charge in [0.15, 0.2) is 0 Å². The molecule has 0 spiro atoms. The van der Waals surface area contributed by atoms with E-state index < -0.39 is 10.0 Å². The van der Waals surface area contributed by atoms with E-state index in [0.717, 1.165) is 19.4 Å². The lowest BCUT2D eigenvalue weighted by molar-refractivity contribution is 0.234. The van der Waals surface area contributed by atoms with Crippen molar-refractivity contribution in [2.45, 2.75) is 50.5 Å². The van der Waals surface area contributed by atoms with Crippen LogP contribution in [0.4, 0.5) is 0 Å². The number of halogens is 1. The van der Waals surface area contributed by atoms with Crippen LogP contribution in [0.3, 0.4) is 0 Å². The zero-order chi connectivity index (χ0) is 15.0. The molecule has 0 amide bonds. The molecule has 2 N–H and O–H groups in total. The molecule has 2 fully saturated rings. The second kappa shape index (κ2) is 6.86. The summed E-state index contributed by atoms with van der Waals surface area (Å²) in [5.74, 6) is 0.616. The number of aromatic amines is 1. The van der Waals surface area contributed by atoms with E-state index in [1.54, 1.807) is 18.2 Å². The summed E-state index contributed by atoms with van der Waals surface area (Å²) in [5.41, 5.74) is 1.19. The second-order valence-corrected chi connectivity index (χ2v) is 8.08. The molecule has 6 nitrogen and oxygen atoms in total. The van der Waals surface area contributed by atoms with Gasteiger partial charge < -0.3 is 5.32 Å². The van der Waals surface area contributed by atoms with Crippen molar-refractivity contribution < 1.29 is 8.42 Å². The van der Waals surface area contributed by atoms with Crippen molar-refractivity contribution in [3.63, 3.8) is 0 Å². The normalized spacial score (nSPS) is 24.4. The summed E-state index contributed by atoms with van der Waals surface area (Å²) < 4.78 is 27.2. The number of nitrogens with zero attached hydrogens (tertiary/aromatic N) is 2. The van der Waals surface area contributed by atoms with Crippen LogP contribution in [-0.2, 0) is 10.0 Å². The molecule has 3 heterocycles. The van der Waals surface area contributed by atoms with E-state index in [9.17, 15) is 8.42 Å². The fourth-order valence-electron chi connectivity index (χ4n) is 3.68. The number of aromatic nitrogens is 2. The quantitative estimate of drug-likeness (QED) is 0.869. The topological polar surface area (TPSA) is 78.1 Å². The second-order valence-electron chi connectivity index (χ2n) is 6.21. The third-order valence-electron chi connectivity index (χ3n) is 4.82. The van der Waals surface area contributed by atoms with Crippen LogP contribution in [-0.4, -0.2) is 48.6 Å². The van der Waals surface area contributed by atoms with Crippen molar-refractivity contribution in [2.24, 2.45) is 5.92 Å². The Kier molecular flexibility index (Phi) is 5.53. The molecule has 0 aliphatic carbocycles. The van der Waals surface area contributed by atoms with Gasteiger partial charge in [-0.1, -0.05) is 0 Å². The third kappa shape index (κ3) is 3.18. The molecule has 2 saturated heterocycles. The Balaban J connectivity index is 0.00000176. The zero-order valence-electron chi connectivity index (χ0n) is 13.1. The Morgan fingerprint density at radius 1 is 1.18 bits per heavy atom. The van der Waals surface area contributed by atoms with Gasteiger partial charge in [0.05, 0.1) is 11.4 Å². The number of hydrogen-bond donors (Lipinski definition) is 2. The average Bonchev–Trinajstić information content (AvgIpc) is 3.09. The molecule has 3 rings (SSSR count). The van der Waals surface area contributed by atoms with Crippen molar-refractivity contribution in [3.05, 3.63) is 11.4 Å². The third-order valence-corrected chi connectivity index (χ3v) is 6.99. The van der Waals surface area contributed by atoms with Crippen LogP contribution in [0.5, 0.6) is 0 Å². The summed E-state index contributed by atoms with van der Waals surface area (Å²) in [5, 5.41) is 10.3. The minimum absolute atomic E-state index is 0. The van der Waals surface area contributed by atoms with Gasteiger partial charge >= 0.3 is 0 Å². The van der Waals surface area contributed by atoms with Crippen LogP contribution < -0.4 is 5.32 Å². The minimum atomic E-state index is -3.41. The molecular weight excluding hydrogens is 324 g/mol. The van der Waals surface area contributed by atoms with E-state index in [2.05, 4.69) is 15.5 Å². The lowest BCUT2D eigenvalue weighted by atomic mass is 9.89. The van der Waals surface area contributed by atoms with Crippen LogP contribution in [0.1, 0.15) is 37.1 Å². The maximum Gasteiger partial charge on any atom is 0.246 e. The van der Waals surface area contributed by atoms with Gasteiger partial charge in [0, 0.05) is 19.1 Å². The Morgan fingerprint density at radius 3 is 2.36 bits per heavy atom. The van der Waals surface area contributed by atoms with Crippen molar-refractivity contribution in [1.29, 1.82) is 0 Å². The fourth-order valence-corrected chi connectivity index (χ4v) is 5.48. The predicted octanol–water partition coefficient (Wildman–Crippen LogP) is 1.60. The summed E-state index contributed by atoms with van der Waals surface area (Å²) in [6.45, 7) is 5.86. The summed E-state index contributed by atoms with van der Waals surface area (Å²) in [6.07, 6.45) is 4.38. The monoisotopic (exact) mass is 348 g/mol. The number of H-pyrrole nitrogens is 1. The van der Waals surface area contributed by atoms with Crippen molar-refractivity contribution in [2.75, 3.05) is 19.6 Å². The van der Waals surface area contributed by atoms with E-state index in [1.807, 2.05) is 0 Å². The smallest absolute Gasteiger partial charge is 0.246 e. The highest BCUT2D eigenvalue weighted by atomic mass is 35.5. The molecule has 1 aromatic heterocycles. The molecule has 0 saturated carbocycles. The standard InChI is InChI=1S/C14H24N4O2S.ClH/c1-10-14(11(2)17-16-10)21(19,20)18-8-5-12(6-9-18)13-4-3-7-15-13;/h12-13,15H,3-9H2,1-2H3,(H,16,17);1H. The van der Waals surface area contributed by atoms with Crippen LogP contribution in [0.2, 0.25) is 0 Å². The number of piperidine rings is 1. The SMILES string of the molecule is Cc1n[nH]c(C)c1S(=O)(=O)N1CCC(C2CCCN2)CC1.Cl. The molecule has 0 radical (unpaired) electrons. The first-order valence-electron chi connectivity index (χ1n) is 7.75. The van der Waals surface area contributed by atoms with Gasteiger partial charge in [-0.2, -0.15) is 9.40 Å². The molecule has 2 aliphatic rings. The summed E-state index contributed by atoms with van der Waals surface area (Å²) in [7, 11) is -3.41. The molecule has 2 aliphatic heterocycles. The van der Waals surface area contributed by atoms with Gasteiger partial charge in [0.2, 0.25) is 10.0 Å². The maximum atomic E-state index is 12.8. The molecule has 8 heteroatoms. The van der Waals surface area contributed by atoms with Crippen LogP contribution >= 0.6 is 12.4 Å². The zero-order valence-corrected chi connectivity index (χ0v) is 14.8. The minimum Gasteiger partial charge on any atom is -0.314 e. The van der Waals surface area contributed by atoms with Crippen molar-refractivity contribution in [1.82, 2.24) is 19.8 Å². The van der Waals surface area contributed by atoms with E-state index in [0.29, 0.717) is 41.3 Å². The van der Waals surface area contributed by atoms with E-state index in [1.165, 1.54) is 12.8 Å². The number of aryl methyl sites for hydroxylation is 2. The number of sulfonamides is 1. The molecule has 126 valence electrons. The number of rotatable bonds is 3. The van der Waals surface area contributed by atoms with E-state index in [-0.39, 0.29) is 12.4 Å². The van der Waals surface area contributed by atoms with Crippen LogP contribution in [0.15, 0.2) is 4.90 Å². The highest BCUT2D eigenvalue weighted by Gasteiger charge is 2.35. The molecule has 1 atom stereocenters. The Hall–Kier alpha value is -0.630. The van der Waals surface area contributed by atoms with E-state index in [4.69, 9.17) is 0 Å². The molecular formula is C14H25ClN4O2S. The van der Waals surface area contributed by atoms with Gasteiger partial charge in [-0.15, -0.1) is 12.4 Å². The molecule has 22 heavy (non-hydrogen) atoms. The van der Waals surface area contributed by atoms with Gasteiger partial charge in [-0.25, -0.2) is 8.42 Å². The summed E-state index contributed by atoms with van der Waals surface area (Å²) in [6, 6.07) is 0.590. The number of hydrogen-bond acceptors (Lipinski definition) is 4. The molecule has 1 unspecified atom stereocenters. The van der Waals surface area contributed by atoms with E-state index >= 15 is 0 Å². The van der Waals surface area contributed by atoms with Gasteiger partial charge in [0.1, 0.15) is 4.90 Å². The number of nitrogens with one attached hydrogen (secondary N) is 2. The van der Waals surface area contributed by atoms with Crippen molar-refractivity contribution >= 4 is 22.4 Å². The lowest BCUT2D eigenvalue weighted by Gasteiger charge is -2.34. The Morgan fingerprint density at radius 2 is 1.86 bits per heavy atom. The fraction of sp³-hybridized carbons (Fsp3) is 0.786.